The minimum atomic E-state index is 0.468. The normalized spacial score (nSPS) is 10.3. The van der Waals surface area contributed by atoms with Crippen LogP contribution >= 0.6 is 11.3 Å². The first kappa shape index (κ1) is 16.0. The van der Waals surface area contributed by atoms with Crippen molar-refractivity contribution in [2.45, 2.75) is 0 Å². The SMILES string of the molecule is COc1cc(Nc2nccc(-c3cncs3)n2)cc(OC)c1OC. The molecule has 0 radical (unpaired) electrons. The van der Waals surface area contributed by atoms with E-state index in [0.29, 0.717) is 23.2 Å². The Bertz CT molecular complexity index is 799. The Morgan fingerprint density at radius 2 is 1.79 bits per heavy atom. The highest BCUT2D eigenvalue weighted by Crippen LogP contribution is 2.40. The number of ether oxygens (including phenoxy) is 3. The lowest BCUT2D eigenvalue weighted by Crippen LogP contribution is -2.00. The van der Waals surface area contributed by atoms with Gasteiger partial charge in [0.15, 0.2) is 11.5 Å². The Morgan fingerprint density at radius 1 is 1.04 bits per heavy atom. The zero-order valence-electron chi connectivity index (χ0n) is 13.4. The summed E-state index contributed by atoms with van der Waals surface area (Å²) in [5, 5.41) is 3.15. The average Bonchev–Trinajstić information content (AvgIpc) is 3.15. The quantitative estimate of drug-likeness (QED) is 0.734. The van der Waals surface area contributed by atoms with Gasteiger partial charge in [0.2, 0.25) is 11.7 Å². The summed E-state index contributed by atoms with van der Waals surface area (Å²) in [5.41, 5.74) is 3.30. The number of methoxy groups -OCH3 is 3. The zero-order chi connectivity index (χ0) is 16.9. The number of aromatic nitrogens is 3. The van der Waals surface area contributed by atoms with Gasteiger partial charge in [-0.3, -0.25) is 4.98 Å². The maximum Gasteiger partial charge on any atom is 0.227 e. The van der Waals surface area contributed by atoms with Gasteiger partial charge in [0.05, 0.1) is 37.4 Å². The number of rotatable bonds is 6. The maximum absolute atomic E-state index is 5.35. The molecule has 0 saturated heterocycles. The van der Waals surface area contributed by atoms with Crippen LogP contribution in [0.15, 0.2) is 36.1 Å². The van der Waals surface area contributed by atoms with Crippen LogP contribution in [-0.2, 0) is 0 Å². The van der Waals surface area contributed by atoms with Gasteiger partial charge in [-0.05, 0) is 6.07 Å². The van der Waals surface area contributed by atoms with Crippen LogP contribution in [0, 0.1) is 0 Å². The first-order valence-corrected chi connectivity index (χ1v) is 7.92. The van der Waals surface area contributed by atoms with Gasteiger partial charge in [-0.2, -0.15) is 0 Å². The summed E-state index contributed by atoms with van der Waals surface area (Å²) in [5.74, 6) is 2.11. The molecule has 0 unspecified atom stereocenters. The second kappa shape index (κ2) is 7.14. The fourth-order valence-corrected chi connectivity index (χ4v) is 2.77. The van der Waals surface area contributed by atoms with Crippen LogP contribution in [0.2, 0.25) is 0 Å². The van der Waals surface area contributed by atoms with Crippen molar-refractivity contribution in [1.29, 1.82) is 0 Å². The summed E-state index contributed by atoms with van der Waals surface area (Å²) < 4.78 is 16.0. The van der Waals surface area contributed by atoms with Gasteiger partial charge in [-0.1, -0.05) is 0 Å². The van der Waals surface area contributed by atoms with E-state index in [1.54, 1.807) is 51.4 Å². The van der Waals surface area contributed by atoms with Crippen molar-refractivity contribution in [3.05, 3.63) is 36.1 Å². The lowest BCUT2D eigenvalue weighted by molar-refractivity contribution is 0.324. The minimum Gasteiger partial charge on any atom is -0.493 e. The molecule has 0 aliphatic carbocycles. The third-order valence-electron chi connectivity index (χ3n) is 3.26. The molecule has 7 nitrogen and oxygen atoms in total. The highest BCUT2D eigenvalue weighted by molar-refractivity contribution is 7.13. The highest BCUT2D eigenvalue weighted by atomic mass is 32.1. The van der Waals surface area contributed by atoms with Gasteiger partial charge in [-0.25, -0.2) is 9.97 Å². The van der Waals surface area contributed by atoms with E-state index in [4.69, 9.17) is 14.2 Å². The molecule has 0 aliphatic heterocycles. The number of hydrogen-bond donors (Lipinski definition) is 1. The molecule has 2 heterocycles. The fourth-order valence-electron chi connectivity index (χ4n) is 2.18. The second-order valence-corrected chi connectivity index (χ2v) is 5.56. The summed E-state index contributed by atoms with van der Waals surface area (Å²) >= 11 is 1.52. The monoisotopic (exact) mass is 344 g/mol. The molecule has 0 atom stereocenters. The molecule has 0 fully saturated rings. The average molecular weight is 344 g/mol. The standard InChI is InChI=1S/C16H16N4O3S/c1-21-12-6-10(7-13(22-2)15(12)23-3)19-16-18-5-4-11(20-16)14-8-17-9-24-14/h4-9H,1-3H3,(H,18,19,20). The lowest BCUT2D eigenvalue weighted by Gasteiger charge is -2.14. The van der Waals surface area contributed by atoms with E-state index in [1.807, 2.05) is 6.07 Å². The van der Waals surface area contributed by atoms with E-state index >= 15 is 0 Å². The van der Waals surface area contributed by atoms with Crippen molar-refractivity contribution in [1.82, 2.24) is 15.0 Å². The summed E-state index contributed by atoms with van der Waals surface area (Å²) in [6, 6.07) is 5.43. The molecular weight excluding hydrogens is 328 g/mol. The molecule has 1 N–H and O–H groups in total. The minimum absolute atomic E-state index is 0.468. The van der Waals surface area contributed by atoms with Crippen LogP contribution in [0.3, 0.4) is 0 Å². The topological polar surface area (TPSA) is 78.4 Å². The second-order valence-electron chi connectivity index (χ2n) is 4.67. The Balaban J connectivity index is 1.92. The Morgan fingerprint density at radius 3 is 2.38 bits per heavy atom. The molecule has 0 saturated carbocycles. The number of nitrogens with one attached hydrogen (secondary N) is 1. The summed E-state index contributed by atoms with van der Waals surface area (Å²) in [7, 11) is 4.71. The third kappa shape index (κ3) is 3.23. The van der Waals surface area contributed by atoms with Crippen molar-refractivity contribution < 1.29 is 14.2 Å². The number of anilines is 2. The van der Waals surface area contributed by atoms with Crippen LogP contribution < -0.4 is 19.5 Å². The van der Waals surface area contributed by atoms with Crippen molar-refractivity contribution in [3.63, 3.8) is 0 Å². The van der Waals surface area contributed by atoms with Crippen LogP contribution in [0.4, 0.5) is 11.6 Å². The third-order valence-corrected chi connectivity index (χ3v) is 4.06. The van der Waals surface area contributed by atoms with E-state index in [9.17, 15) is 0 Å². The smallest absolute Gasteiger partial charge is 0.227 e. The van der Waals surface area contributed by atoms with Crippen molar-refractivity contribution in [2.75, 3.05) is 26.6 Å². The molecule has 0 spiro atoms. The van der Waals surface area contributed by atoms with Gasteiger partial charge in [0.25, 0.3) is 0 Å². The van der Waals surface area contributed by atoms with E-state index in [-0.39, 0.29) is 0 Å². The largest absolute Gasteiger partial charge is 0.493 e. The van der Waals surface area contributed by atoms with Crippen LogP contribution in [0.1, 0.15) is 0 Å². The summed E-state index contributed by atoms with van der Waals surface area (Å²) in [4.78, 5) is 13.8. The van der Waals surface area contributed by atoms with Gasteiger partial charge in [0.1, 0.15) is 0 Å². The first-order valence-electron chi connectivity index (χ1n) is 7.04. The Labute approximate surface area is 143 Å². The predicted molar refractivity (Wildman–Crippen MR) is 92.5 cm³/mol. The van der Waals surface area contributed by atoms with Crippen molar-refractivity contribution in [2.24, 2.45) is 0 Å². The van der Waals surface area contributed by atoms with Crippen LogP contribution in [-0.4, -0.2) is 36.3 Å². The van der Waals surface area contributed by atoms with E-state index in [1.165, 1.54) is 11.3 Å². The molecule has 124 valence electrons. The van der Waals surface area contributed by atoms with Gasteiger partial charge < -0.3 is 19.5 Å². The molecule has 0 aliphatic rings. The first-order chi connectivity index (χ1) is 11.7. The number of nitrogens with zero attached hydrogens (tertiary/aromatic N) is 3. The Kier molecular flexibility index (Phi) is 4.76. The van der Waals surface area contributed by atoms with Gasteiger partial charge >= 0.3 is 0 Å². The van der Waals surface area contributed by atoms with Crippen LogP contribution in [0.5, 0.6) is 17.2 Å². The highest BCUT2D eigenvalue weighted by Gasteiger charge is 2.14. The maximum atomic E-state index is 5.35. The molecule has 0 bridgehead atoms. The van der Waals surface area contributed by atoms with Gasteiger partial charge in [0, 0.05) is 30.2 Å². The molecule has 24 heavy (non-hydrogen) atoms. The van der Waals surface area contributed by atoms with Crippen molar-refractivity contribution in [3.8, 4) is 27.8 Å². The van der Waals surface area contributed by atoms with Crippen LogP contribution in [0.25, 0.3) is 10.6 Å². The molecule has 0 amide bonds. The van der Waals surface area contributed by atoms with E-state index < -0.39 is 0 Å². The lowest BCUT2D eigenvalue weighted by atomic mass is 10.2. The number of benzene rings is 1. The molecule has 1 aromatic carbocycles. The Hall–Kier alpha value is -2.87. The van der Waals surface area contributed by atoms with Gasteiger partial charge in [-0.15, -0.1) is 11.3 Å². The zero-order valence-corrected chi connectivity index (χ0v) is 14.3. The summed E-state index contributed by atoms with van der Waals surface area (Å²) in [6.07, 6.45) is 3.47. The predicted octanol–water partition coefficient (Wildman–Crippen LogP) is 3.37. The fraction of sp³-hybridized carbons (Fsp3) is 0.188. The molecule has 3 aromatic rings. The molecule has 8 heteroatoms. The van der Waals surface area contributed by atoms with E-state index in [2.05, 4.69) is 20.3 Å². The molecule has 2 aromatic heterocycles. The molecular formula is C16H16N4O3S. The summed E-state index contributed by atoms with van der Waals surface area (Å²) in [6.45, 7) is 0. The number of hydrogen-bond acceptors (Lipinski definition) is 8. The molecule has 3 rings (SSSR count). The van der Waals surface area contributed by atoms with Crippen molar-refractivity contribution >= 4 is 23.0 Å². The van der Waals surface area contributed by atoms with E-state index in [0.717, 1.165) is 16.3 Å². The number of thiazole rings is 1.